The maximum absolute atomic E-state index is 10.6. The molecule has 0 fully saturated rings. The van der Waals surface area contributed by atoms with Crippen molar-refractivity contribution in [3.63, 3.8) is 0 Å². The van der Waals surface area contributed by atoms with Gasteiger partial charge in [-0.2, -0.15) is 0 Å². The number of allylic oxidation sites excluding steroid dienone is 3. The highest BCUT2D eigenvalue weighted by Crippen LogP contribution is 2.11. The van der Waals surface area contributed by atoms with Gasteiger partial charge in [-0.15, -0.1) is 0 Å². The van der Waals surface area contributed by atoms with Gasteiger partial charge in [-0.25, -0.2) is 0 Å². The van der Waals surface area contributed by atoms with Crippen LogP contribution in [0.4, 0.5) is 0 Å². The van der Waals surface area contributed by atoms with E-state index in [0.29, 0.717) is 0 Å². The molecular formula is C11H19NO2. The molecule has 14 heavy (non-hydrogen) atoms. The topological polar surface area (TPSA) is 49.3 Å². The van der Waals surface area contributed by atoms with Crippen LogP contribution in [0, 0.1) is 5.92 Å². The lowest BCUT2D eigenvalue weighted by Gasteiger charge is -2.22. The van der Waals surface area contributed by atoms with Crippen molar-refractivity contribution in [2.24, 2.45) is 5.92 Å². The van der Waals surface area contributed by atoms with E-state index in [-0.39, 0.29) is 5.92 Å². The van der Waals surface area contributed by atoms with E-state index in [1.165, 1.54) is 0 Å². The normalized spacial score (nSPS) is 17.6. The lowest BCUT2D eigenvalue weighted by atomic mass is 9.95. The highest BCUT2D eigenvalue weighted by atomic mass is 16.3. The molecule has 0 saturated heterocycles. The van der Waals surface area contributed by atoms with Gasteiger partial charge in [0.25, 0.3) is 0 Å². The first kappa shape index (κ1) is 13.1. The van der Waals surface area contributed by atoms with Crippen LogP contribution >= 0.6 is 0 Å². The van der Waals surface area contributed by atoms with Crippen molar-refractivity contribution >= 4 is 6.29 Å². The Morgan fingerprint density at radius 1 is 1.57 bits per heavy atom. The van der Waals surface area contributed by atoms with Crippen molar-refractivity contribution in [3.8, 4) is 0 Å². The molecule has 0 aromatic heterocycles. The fraction of sp³-hybridized carbons (Fsp3) is 0.545. The largest absolute Gasteiger partial charge is 0.391 e. The summed E-state index contributed by atoms with van der Waals surface area (Å²) >= 11 is 0. The zero-order chi connectivity index (χ0) is 11.0. The van der Waals surface area contributed by atoms with Crippen LogP contribution in [0.2, 0.25) is 0 Å². The number of hydrogen-bond acceptors (Lipinski definition) is 3. The first-order chi connectivity index (χ1) is 6.67. The Kier molecular flexibility index (Phi) is 6.98. The number of hydrogen-bond donors (Lipinski definition) is 2. The summed E-state index contributed by atoms with van der Waals surface area (Å²) in [6, 6.07) is -0.484. The average Bonchev–Trinajstić information content (AvgIpc) is 2.19. The first-order valence-corrected chi connectivity index (χ1v) is 4.75. The summed E-state index contributed by atoms with van der Waals surface area (Å²) in [7, 11) is 1.66. The molecule has 3 nitrogen and oxygen atoms in total. The van der Waals surface area contributed by atoms with Gasteiger partial charge in [0.1, 0.15) is 6.29 Å². The summed E-state index contributed by atoms with van der Waals surface area (Å²) < 4.78 is 0. The fourth-order valence-electron chi connectivity index (χ4n) is 1.20. The number of likely N-dealkylation sites (N-methyl/N-ethyl adjacent to an activating group) is 1. The number of aliphatic hydroxyl groups excluding tert-OH is 1. The van der Waals surface area contributed by atoms with Gasteiger partial charge < -0.3 is 15.2 Å². The van der Waals surface area contributed by atoms with E-state index in [2.05, 4.69) is 11.9 Å². The monoisotopic (exact) mass is 197 g/mol. The third-order valence-corrected chi connectivity index (χ3v) is 2.21. The predicted molar refractivity (Wildman–Crippen MR) is 58.0 cm³/mol. The SMILES string of the molecule is C=C/C=C/CC(C)C(O)C(C=O)NC. The van der Waals surface area contributed by atoms with E-state index < -0.39 is 12.1 Å². The molecule has 0 aromatic rings. The standard InChI is InChI=1S/C11H19NO2/c1-4-5-6-7-9(2)11(14)10(8-13)12-3/h4-6,8-12,14H,1,7H2,2-3H3/b6-5+. The van der Waals surface area contributed by atoms with Crippen molar-refractivity contribution in [2.75, 3.05) is 7.05 Å². The molecule has 3 atom stereocenters. The van der Waals surface area contributed by atoms with Gasteiger partial charge in [0.15, 0.2) is 0 Å². The molecule has 0 spiro atoms. The summed E-state index contributed by atoms with van der Waals surface area (Å²) in [4.78, 5) is 10.6. The minimum absolute atomic E-state index is 0.0499. The lowest BCUT2D eigenvalue weighted by Crippen LogP contribution is -2.42. The molecular weight excluding hydrogens is 178 g/mol. The Labute approximate surface area is 85.5 Å². The summed E-state index contributed by atoms with van der Waals surface area (Å²) in [5.41, 5.74) is 0. The number of carbonyl (C=O) groups is 1. The number of rotatable bonds is 7. The van der Waals surface area contributed by atoms with Gasteiger partial charge in [-0.3, -0.25) is 0 Å². The molecule has 0 bridgehead atoms. The van der Waals surface area contributed by atoms with Gasteiger partial charge in [-0.05, 0) is 19.4 Å². The van der Waals surface area contributed by atoms with Crippen molar-refractivity contribution in [3.05, 3.63) is 24.8 Å². The number of aliphatic hydroxyl groups is 1. The second-order valence-electron chi connectivity index (χ2n) is 3.32. The molecule has 0 amide bonds. The highest BCUT2D eigenvalue weighted by Gasteiger charge is 2.21. The van der Waals surface area contributed by atoms with Crippen molar-refractivity contribution < 1.29 is 9.90 Å². The molecule has 2 N–H and O–H groups in total. The van der Waals surface area contributed by atoms with Gasteiger partial charge in [0, 0.05) is 0 Å². The Balaban J connectivity index is 4.08. The molecule has 0 radical (unpaired) electrons. The van der Waals surface area contributed by atoms with Crippen LogP contribution in [0.5, 0.6) is 0 Å². The molecule has 3 heteroatoms. The summed E-state index contributed by atoms with van der Waals surface area (Å²) in [6.45, 7) is 5.46. The molecule has 0 rings (SSSR count). The van der Waals surface area contributed by atoms with Gasteiger partial charge in [-0.1, -0.05) is 31.7 Å². The lowest BCUT2D eigenvalue weighted by molar-refractivity contribution is -0.112. The summed E-state index contributed by atoms with van der Waals surface area (Å²) in [5.74, 6) is 0.0499. The fourth-order valence-corrected chi connectivity index (χ4v) is 1.20. The second-order valence-corrected chi connectivity index (χ2v) is 3.32. The minimum Gasteiger partial charge on any atom is -0.391 e. The van der Waals surface area contributed by atoms with Crippen LogP contribution < -0.4 is 5.32 Å². The molecule has 0 aromatic carbocycles. The van der Waals surface area contributed by atoms with E-state index in [1.807, 2.05) is 19.1 Å². The molecule has 0 aliphatic rings. The van der Waals surface area contributed by atoms with Crippen LogP contribution in [0.1, 0.15) is 13.3 Å². The molecule has 0 aliphatic carbocycles. The van der Waals surface area contributed by atoms with Crippen LogP contribution in [-0.4, -0.2) is 30.6 Å². The predicted octanol–water partition coefficient (Wildman–Crippen LogP) is 0.903. The molecule has 3 unspecified atom stereocenters. The maximum atomic E-state index is 10.6. The molecule has 80 valence electrons. The van der Waals surface area contributed by atoms with E-state index in [0.717, 1.165) is 12.7 Å². The van der Waals surface area contributed by atoms with E-state index in [1.54, 1.807) is 13.1 Å². The van der Waals surface area contributed by atoms with E-state index >= 15 is 0 Å². The Hall–Kier alpha value is -0.930. The highest BCUT2D eigenvalue weighted by molar-refractivity contribution is 5.58. The van der Waals surface area contributed by atoms with Gasteiger partial charge in [0.2, 0.25) is 0 Å². The quantitative estimate of drug-likeness (QED) is 0.471. The average molecular weight is 197 g/mol. The first-order valence-electron chi connectivity index (χ1n) is 4.75. The van der Waals surface area contributed by atoms with Crippen molar-refractivity contribution in [1.29, 1.82) is 0 Å². The maximum Gasteiger partial charge on any atom is 0.139 e. The van der Waals surface area contributed by atoms with E-state index in [9.17, 15) is 9.90 Å². The van der Waals surface area contributed by atoms with Crippen molar-refractivity contribution in [2.45, 2.75) is 25.5 Å². The third kappa shape index (κ3) is 4.35. The van der Waals surface area contributed by atoms with Crippen molar-refractivity contribution in [1.82, 2.24) is 5.32 Å². The van der Waals surface area contributed by atoms with Crippen LogP contribution in [0.3, 0.4) is 0 Å². The minimum atomic E-state index is -0.646. The summed E-state index contributed by atoms with van der Waals surface area (Å²) in [5, 5.41) is 12.5. The zero-order valence-electron chi connectivity index (χ0n) is 8.81. The zero-order valence-corrected chi connectivity index (χ0v) is 8.81. The van der Waals surface area contributed by atoms with Gasteiger partial charge in [0.05, 0.1) is 12.1 Å². The number of carbonyl (C=O) groups excluding carboxylic acids is 1. The van der Waals surface area contributed by atoms with Crippen LogP contribution in [0.25, 0.3) is 0 Å². The molecule has 0 saturated carbocycles. The third-order valence-electron chi connectivity index (χ3n) is 2.21. The smallest absolute Gasteiger partial charge is 0.139 e. The van der Waals surface area contributed by atoms with Crippen LogP contribution in [-0.2, 0) is 4.79 Å². The van der Waals surface area contributed by atoms with Gasteiger partial charge >= 0.3 is 0 Å². The Morgan fingerprint density at radius 3 is 2.64 bits per heavy atom. The molecule has 0 heterocycles. The summed E-state index contributed by atoms with van der Waals surface area (Å²) in [6.07, 6.45) is 6.27. The second kappa shape index (κ2) is 7.47. The number of aldehydes is 1. The number of nitrogens with one attached hydrogen (secondary N) is 1. The Morgan fingerprint density at radius 2 is 2.21 bits per heavy atom. The van der Waals surface area contributed by atoms with Crippen LogP contribution in [0.15, 0.2) is 24.8 Å². The Bertz CT molecular complexity index is 201. The van der Waals surface area contributed by atoms with E-state index in [4.69, 9.17) is 0 Å². The molecule has 0 aliphatic heterocycles.